The maximum absolute atomic E-state index is 13.1. The zero-order chi connectivity index (χ0) is 14.0. The van der Waals surface area contributed by atoms with Crippen LogP contribution in [0.15, 0.2) is 36.4 Å². The Morgan fingerprint density at radius 1 is 1.11 bits per heavy atom. The molecule has 0 aliphatic carbocycles. The lowest BCUT2D eigenvalue weighted by Gasteiger charge is -2.13. The quantitative estimate of drug-likeness (QED) is 0.884. The normalized spacial score (nSPS) is 12.5. The van der Waals surface area contributed by atoms with Crippen molar-refractivity contribution in [1.29, 1.82) is 0 Å². The first-order chi connectivity index (χ1) is 8.95. The van der Waals surface area contributed by atoms with Crippen molar-refractivity contribution in [2.75, 3.05) is 0 Å². The molecule has 0 spiro atoms. The second kappa shape index (κ2) is 5.72. The summed E-state index contributed by atoms with van der Waals surface area (Å²) in [6.07, 6.45) is -0.191. The first-order valence-corrected chi connectivity index (χ1v) is 6.53. The summed E-state index contributed by atoms with van der Waals surface area (Å²) in [5.74, 6) is -0.469. The van der Waals surface area contributed by atoms with E-state index in [0.717, 1.165) is 5.56 Å². The van der Waals surface area contributed by atoms with Gasteiger partial charge in [0.05, 0.1) is 11.1 Å². The number of rotatable bonds is 3. The van der Waals surface area contributed by atoms with Gasteiger partial charge in [0.1, 0.15) is 5.82 Å². The molecule has 0 aliphatic rings. The van der Waals surface area contributed by atoms with Crippen molar-refractivity contribution in [1.82, 2.24) is 0 Å². The van der Waals surface area contributed by atoms with Gasteiger partial charge in [-0.3, -0.25) is 0 Å². The summed E-state index contributed by atoms with van der Waals surface area (Å²) in [5, 5.41) is 10.2. The highest BCUT2D eigenvalue weighted by Crippen LogP contribution is 2.24. The maximum Gasteiger partial charge on any atom is 0.141 e. The molecule has 19 heavy (non-hydrogen) atoms. The summed E-state index contributed by atoms with van der Waals surface area (Å²) in [6.45, 7) is 4.05. The number of hydrogen-bond donors (Lipinski definition) is 1. The summed E-state index contributed by atoms with van der Waals surface area (Å²) >= 11 is 5.73. The highest BCUT2D eigenvalue weighted by Gasteiger charge is 2.11. The molecule has 0 heterocycles. The minimum Gasteiger partial charge on any atom is -0.388 e. The van der Waals surface area contributed by atoms with Crippen LogP contribution in [0.25, 0.3) is 0 Å². The standard InChI is InChI=1S/C16H16ClFO/c1-10-5-11(2)7-12(6-10)8-16(19)13-3-4-15(18)14(17)9-13/h3-7,9,16,19H,8H2,1-2H3. The zero-order valence-corrected chi connectivity index (χ0v) is 11.7. The van der Waals surface area contributed by atoms with Crippen LogP contribution in [-0.4, -0.2) is 5.11 Å². The van der Waals surface area contributed by atoms with Crippen molar-refractivity contribution in [2.45, 2.75) is 26.4 Å². The Labute approximate surface area is 117 Å². The molecule has 1 nitrogen and oxygen atoms in total. The van der Waals surface area contributed by atoms with Crippen LogP contribution in [0.3, 0.4) is 0 Å². The highest BCUT2D eigenvalue weighted by atomic mass is 35.5. The van der Waals surface area contributed by atoms with E-state index < -0.39 is 11.9 Å². The monoisotopic (exact) mass is 278 g/mol. The van der Waals surface area contributed by atoms with Gasteiger partial charge < -0.3 is 5.11 Å². The Morgan fingerprint density at radius 3 is 2.32 bits per heavy atom. The van der Waals surface area contributed by atoms with Crippen LogP contribution in [0.5, 0.6) is 0 Å². The molecule has 0 saturated heterocycles. The van der Waals surface area contributed by atoms with Gasteiger partial charge in [-0.25, -0.2) is 4.39 Å². The lowest BCUT2D eigenvalue weighted by Crippen LogP contribution is -2.02. The summed E-state index contributed by atoms with van der Waals surface area (Å²) in [4.78, 5) is 0. The molecule has 0 bridgehead atoms. The van der Waals surface area contributed by atoms with Crippen molar-refractivity contribution in [3.05, 3.63) is 69.5 Å². The molecule has 2 aromatic rings. The maximum atomic E-state index is 13.1. The Kier molecular flexibility index (Phi) is 4.23. The Balaban J connectivity index is 2.20. The van der Waals surface area contributed by atoms with E-state index in [1.54, 1.807) is 6.07 Å². The molecular weight excluding hydrogens is 263 g/mol. The molecule has 0 saturated carbocycles. The molecule has 1 atom stereocenters. The van der Waals surface area contributed by atoms with Gasteiger partial charge in [-0.15, -0.1) is 0 Å². The minimum absolute atomic E-state index is 0.0389. The molecular formula is C16H16ClFO. The predicted molar refractivity (Wildman–Crippen MR) is 76.0 cm³/mol. The molecule has 0 aromatic heterocycles. The molecule has 0 amide bonds. The van der Waals surface area contributed by atoms with Gasteiger partial charge in [0, 0.05) is 6.42 Å². The predicted octanol–water partition coefficient (Wildman–Crippen LogP) is 4.37. The number of aliphatic hydroxyl groups excluding tert-OH is 1. The number of halogens is 2. The molecule has 0 fully saturated rings. The summed E-state index contributed by atoms with van der Waals surface area (Å²) in [7, 11) is 0. The fourth-order valence-electron chi connectivity index (χ4n) is 2.25. The first kappa shape index (κ1) is 14.0. The van der Waals surface area contributed by atoms with E-state index in [-0.39, 0.29) is 5.02 Å². The molecule has 100 valence electrons. The van der Waals surface area contributed by atoms with Gasteiger partial charge in [0.2, 0.25) is 0 Å². The number of hydrogen-bond acceptors (Lipinski definition) is 1. The van der Waals surface area contributed by atoms with Gasteiger partial charge in [-0.2, -0.15) is 0 Å². The molecule has 1 unspecified atom stereocenters. The third-order valence-corrected chi connectivity index (χ3v) is 3.33. The molecule has 2 aromatic carbocycles. The second-order valence-corrected chi connectivity index (χ2v) is 5.30. The van der Waals surface area contributed by atoms with E-state index in [9.17, 15) is 9.50 Å². The van der Waals surface area contributed by atoms with E-state index in [1.165, 1.54) is 23.3 Å². The zero-order valence-electron chi connectivity index (χ0n) is 11.0. The van der Waals surface area contributed by atoms with E-state index >= 15 is 0 Å². The Hall–Kier alpha value is -1.38. The topological polar surface area (TPSA) is 20.2 Å². The number of aryl methyl sites for hydroxylation is 2. The second-order valence-electron chi connectivity index (χ2n) is 4.89. The van der Waals surface area contributed by atoms with Gasteiger partial charge in [0.25, 0.3) is 0 Å². The van der Waals surface area contributed by atoms with Crippen molar-refractivity contribution < 1.29 is 9.50 Å². The fourth-order valence-corrected chi connectivity index (χ4v) is 2.44. The third-order valence-electron chi connectivity index (χ3n) is 3.04. The molecule has 2 rings (SSSR count). The van der Waals surface area contributed by atoms with Crippen LogP contribution >= 0.6 is 11.6 Å². The minimum atomic E-state index is -0.681. The number of aliphatic hydroxyl groups is 1. The summed E-state index contributed by atoms with van der Waals surface area (Å²) in [5.41, 5.74) is 4.02. The van der Waals surface area contributed by atoms with Crippen LogP contribution in [0.2, 0.25) is 5.02 Å². The van der Waals surface area contributed by atoms with Gasteiger partial charge in [-0.05, 0) is 37.1 Å². The van der Waals surface area contributed by atoms with Gasteiger partial charge >= 0.3 is 0 Å². The SMILES string of the molecule is Cc1cc(C)cc(CC(O)c2ccc(F)c(Cl)c2)c1. The first-order valence-electron chi connectivity index (χ1n) is 6.16. The molecule has 1 N–H and O–H groups in total. The highest BCUT2D eigenvalue weighted by molar-refractivity contribution is 6.30. The molecule has 0 aliphatic heterocycles. The van der Waals surface area contributed by atoms with Crippen molar-refractivity contribution in [3.63, 3.8) is 0 Å². The van der Waals surface area contributed by atoms with E-state index in [0.29, 0.717) is 12.0 Å². The smallest absolute Gasteiger partial charge is 0.141 e. The molecule has 3 heteroatoms. The lowest BCUT2D eigenvalue weighted by atomic mass is 9.98. The lowest BCUT2D eigenvalue weighted by molar-refractivity contribution is 0.178. The van der Waals surface area contributed by atoms with Crippen molar-refractivity contribution in [2.24, 2.45) is 0 Å². The average molecular weight is 279 g/mol. The molecule has 0 radical (unpaired) electrons. The van der Waals surface area contributed by atoms with Crippen LogP contribution < -0.4 is 0 Å². The third kappa shape index (κ3) is 3.55. The van der Waals surface area contributed by atoms with Crippen molar-refractivity contribution in [3.8, 4) is 0 Å². The van der Waals surface area contributed by atoms with Crippen molar-refractivity contribution >= 4 is 11.6 Å². The van der Waals surface area contributed by atoms with Crippen LogP contribution in [0.4, 0.5) is 4.39 Å². The summed E-state index contributed by atoms with van der Waals surface area (Å²) in [6, 6.07) is 10.5. The number of benzene rings is 2. The van der Waals surface area contributed by atoms with Crippen LogP contribution in [-0.2, 0) is 6.42 Å². The summed E-state index contributed by atoms with van der Waals surface area (Å²) < 4.78 is 13.1. The van der Waals surface area contributed by atoms with E-state index in [1.807, 2.05) is 26.0 Å². The van der Waals surface area contributed by atoms with Crippen LogP contribution in [0, 0.1) is 19.7 Å². The van der Waals surface area contributed by atoms with Crippen LogP contribution in [0.1, 0.15) is 28.4 Å². The Morgan fingerprint density at radius 2 is 1.74 bits per heavy atom. The fraction of sp³-hybridized carbons (Fsp3) is 0.250. The van der Waals surface area contributed by atoms with Gasteiger partial charge in [-0.1, -0.05) is 47.0 Å². The largest absolute Gasteiger partial charge is 0.388 e. The Bertz CT molecular complexity index is 575. The average Bonchev–Trinajstić information content (AvgIpc) is 2.31. The van der Waals surface area contributed by atoms with E-state index in [2.05, 4.69) is 6.07 Å². The van der Waals surface area contributed by atoms with Gasteiger partial charge in [0.15, 0.2) is 0 Å². The van der Waals surface area contributed by atoms with E-state index in [4.69, 9.17) is 11.6 Å².